The van der Waals surface area contributed by atoms with Crippen molar-refractivity contribution in [1.29, 1.82) is 0 Å². The van der Waals surface area contributed by atoms with Crippen molar-refractivity contribution in [2.45, 2.75) is 6.42 Å². The van der Waals surface area contributed by atoms with E-state index in [2.05, 4.69) is 5.32 Å². The van der Waals surface area contributed by atoms with Crippen LogP contribution < -0.4 is 14.8 Å². The van der Waals surface area contributed by atoms with Gasteiger partial charge in [0.05, 0.1) is 24.7 Å². The molecule has 2 aromatic carbocycles. The molecule has 8 heteroatoms. The second-order valence-corrected chi connectivity index (χ2v) is 5.61. The van der Waals surface area contributed by atoms with Crippen molar-refractivity contribution in [3.8, 4) is 11.5 Å². The van der Waals surface area contributed by atoms with E-state index in [0.29, 0.717) is 19.6 Å². The summed E-state index contributed by atoms with van der Waals surface area (Å²) in [6, 6.07) is 12.1. The number of carbonyl (C=O) groups excluding carboxylic acids is 1. The van der Waals surface area contributed by atoms with E-state index < -0.39 is 10.8 Å². The largest absolute Gasteiger partial charge is 0.493 e. The number of rotatable bonds is 10. The summed E-state index contributed by atoms with van der Waals surface area (Å²) in [7, 11) is 2.92. The molecule has 144 valence electrons. The second-order valence-electron chi connectivity index (χ2n) is 5.61. The normalized spacial score (nSPS) is 10.3. The summed E-state index contributed by atoms with van der Waals surface area (Å²) in [5, 5.41) is 14.1. The van der Waals surface area contributed by atoms with Crippen LogP contribution in [-0.2, 0) is 11.2 Å². The van der Waals surface area contributed by atoms with Crippen molar-refractivity contribution in [3.63, 3.8) is 0 Å². The van der Waals surface area contributed by atoms with E-state index in [1.165, 1.54) is 26.4 Å². The zero-order chi connectivity index (χ0) is 19.6. The number of hydrogen-bond acceptors (Lipinski definition) is 6. The minimum absolute atomic E-state index is 0.0796. The zero-order valence-electron chi connectivity index (χ0n) is 15.3. The van der Waals surface area contributed by atoms with Crippen LogP contribution in [0.5, 0.6) is 11.5 Å². The van der Waals surface area contributed by atoms with Crippen LogP contribution in [-0.4, -0.2) is 44.8 Å². The maximum atomic E-state index is 12.5. The molecule has 0 fully saturated rings. The number of nitrogens with zero attached hydrogens (tertiary/aromatic N) is 1. The minimum Gasteiger partial charge on any atom is -0.493 e. The first-order valence-electron chi connectivity index (χ1n) is 8.37. The first-order chi connectivity index (χ1) is 13.1. The predicted molar refractivity (Wildman–Crippen MR) is 99.5 cm³/mol. The van der Waals surface area contributed by atoms with Gasteiger partial charge in [0, 0.05) is 19.7 Å². The third kappa shape index (κ3) is 5.68. The Morgan fingerprint density at radius 2 is 1.85 bits per heavy atom. The van der Waals surface area contributed by atoms with Crippen molar-refractivity contribution in [2.24, 2.45) is 0 Å². The topological polar surface area (TPSA) is 99.9 Å². The van der Waals surface area contributed by atoms with Crippen molar-refractivity contribution in [3.05, 3.63) is 63.7 Å². The molecular formula is C19H22N2O6. The van der Waals surface area contributed by atoms with Crippen LogP contribution in [0, 0.1) is 10.1 Å². The molecule has 2 rings (SSSR count). The number of benzene rings is 2. The van der Waals surface area contributed by atoms with Gasteiger partial charge in [0.2, 0.25) is 0 Å². The molecular weight excluding hydrogens is 352 g/mol. The summed E-state index contributed by atoms with van der Waals surface area (Å²) in [4.78, 5) is 23.3. The number of nitrogens with one attached hydrogen (secondary N) is 1. The highest BCUT2D eigenvalue weighted by Gasteiger charge is 2.24. The van der Waals surface area contributed by atoms with Crippen molar-refractivity contribution in [1.82, 2.24) is 5.32 Å². The highest BCUT2D eigenvalue weighted by atomic mass is 16.6. The van der Waals surface area contributed by atoms with Crippen LogP contribution in [0.4, 0.5) is 5.69 Å². The molecule has 8 nitrogen and oxygen atoms in total. The Bertz CT molecular complexity index is 779. The fourth-order valence-corrected chi connectivity index (χ4v) is 2.45. The first-order valence-corrected chi connectivity index (χ1v) is 8.37. The molecule has 0 saturated carbocycles. The maximum absolute atomic E-state index is 12.5. The number of hydrogen-bond donors (Lipinski definition) is 1. The number of methoxy groups -OCH3 is 2. The Morgan fingerprint density at radius 3 is 2.48 bits per heavy atom. The van der Waals surface area contributed by atoms with Gasteiger partial charge in [-0.3, -0.25) is 14.9 Å². The fraction of sp³-hybridized carbons (Fsp3) is 0.316. The molecule has 27 heavy (non-hydrogen) atoms. The summed E-state index contributed by atoms with van der Waals surface area (Å²) in [6.07, 6.45) is 0.621. The van der Waals surface area contributed by atoms with E-state index in [-0.39, 0.29) is 29.4 Å². The van der Waals surface area contributed by atoms with Gasteiger partial charge in [0.1, 0.15) is 12.2 Å². The lowest BCUT2D eigenvalue weighted by Gasteiger charge is -2.13. The molecule has 1 N–H and O–H groups in total. The Balaban J connectivity index is 2.15. The highest BCUT2D eigenvalue weighted by Crippen LogP contribution is 2.34. The summed E-state index contributed by atoms with van der Waals surface area (Å²) in [5.41, 5.74) is 0.635. The van der Waals surface area contributed by atoms with Gasteiger partial charge in [-0.05, 0) is 12.0 Å². The molecule has 0 aliphatic heterocycles. The maximum Gasteiger partial charge on any atom is 0.286 e. The minimum atomic E-state index is -0.616. The van der Waals surface area contributed by atoms with Gasteiger partial charge in [0.15, 0.2) is 11.5 Å². The lowest BCUT2D eigenvalue weighted by atomic mass is 10.1. The average molecular weight is 374 g/mol. The van der Waals surface area contributed by atoms with E-state index in [4.69, 9.17) is 14.2 Å². The molecule has 0 heterocycles. The van der Waals surface area contributed by atoms with Crippen LogP contribution in [0.25, 0.3) is 0 Å². The SMILES string of the molecule is COCCOc1cc([N+](=O)[O-])c(C(=O)NCCc2ccccc2)cc1OC. The molecule has 0 aromatic heterocycles. The van der Waals surface area contributed by atoms with Gasteiger partial charge in [-0.15, -0.1) is 0 Å². The molecule has 0 spiro atoms. The number of carbonyl (C=O) groups is 1. The Morgan fingerprint density at radius 1 is 1.11 bits per heavy atom. The Labute approximate surface area is 157 Å². The summed E-state index contributed by atoms with van der Waals surface area (Å²) in [5.74, 6) is -0.119. The molecule has 0 aliphatic carbocycles. The van der Waals surface area contributed by atoms with Crippen LogP contribution in [0.15, 0.2) is 42.5 Å². The Kier molecular flexibility index (Phi) is 7.57. The molecule has 0 atom stereocenters. The lowest BCUT2D eigenvalue weighted by molar-refractivity contribution is -0.385. The molecule has 0 saturated heterocycles. The van der Waals surface area contributed by atoms with Crippen LogP contribution >= 0.6 is 0 Å². The zero-order valence-corrected chi connectivity index (χ0v) is 15.3. The van der Waals surface area contributed by atoms with Crippen molar-refractivity contribution >= 4 is 11.6 Å². The number of nitro benzene ring substituents is 1. The highest BCUT2D eigenvalue weighted by molar-refractivity contribution is 5.99. The molecule has 1 amide bonds. The van der Waals surface area contributed by atoms with Crippen molar-refractivity contribution < 1.29 is 23.9 Å². The fourth-order valence-electron chi connectivity index (χ4n) is 2.45. The molecule has 0 radical (unpaired) electrons. The van der Waals surface area contributed by atoms with Crippen molar-refractivity contribution in [2.75, 3.05) is 34.0 Å². The van der Waals surface area contributed by atoms with Gasteiger partial charge in [-0.25, -0.2) is 0 Å². The average Bonchev–Trinajstić information content (AvgIpc) is 2.68. The van der Waals surface area contributed by atoms with E-state index in [0.717, 1.165) is 5.56 Å². The molecule has 0 aliphatic rings. The molecule has 0 unspecified atom stereocenters. The third-order valence-electron chi connectivity index (χ3n) is 3.81. The number of amides is 1. The number of nitro groups is 1. The summed E-state index contributed by atoms with van der Waals surface area (Å²) >= 11 is 0. The summed E-state index contributed by atoms with van der Waals surface area (Å²) < 4.78 is 15.5. The van der Waals surface area contributed by atoms with Crippen LogP contribution in [0.1, 0.15) is 15.9 Å². The van der Waals surface area contributed by atoms with Gasteiger partial charge < -0.3 is 19.5 Å². The lowest BCUT2D eigenvalue weighted by Crippen LogP contribution is -2.26. The smallest absolute Gasteiger partial charge is 0.286 e. The van der Waals surface area contributed by atoms with Gasteiger partial charge in [-0.2, -0.15) is 0 Å². The van der Waals surface area contributed by atoms with E-state index in [1.54, 1.807) is 0 Å². The van der Waals surface area contributed by atoms with Gasteiger partial charge in [-0.1, -0.05) is 30.3 Å². The number of ether oxygens (including phenoxy) is 3. The second kappa shape index (κ2) is 10.1. The van der Waals surface area contributed by atoms with Crippen LogP contribution in [0.3, 0.4) is 0 Å². The molecule has 2 aromatic rings. The quantitative estimate of drug-likeness (QED) is 0.390. The first kappa shape index (κ1) is 20.2. The predicted octanol–water partition coefficient (Wildman–Crippen LogP) is 2.60. The van der Waals surface area contributed by atoms with E-state index in [9.17, 15) is 14.9 Å². The Hall–Kier alpha value is -3.13. The third-order valence-corrected chi connectivity index (χ3v) is 3.81. The van der Waals surface area contributed by atoms with E-state index >= 15 is 0 Å². The monoisotopic (exact) mass is 374 g/mol. The molecule has 0 bridgehead atoms. The van der Waals surface area contributed by atoms with E-state index in [1.807, 2.05) is 30.3 Å². The van der Waals surface area contributed by atoms with Gasteiger partial charge >= 0.3 is 0 Å². The van der Waals surface area contributed by atoms with Gasteiger partial charge in [0.25, 0.3) is 11.6 Å². The summed E-state index contributed by atoms with van der Waals surface area (Å²) in [6.45, 7) is 0.875. The standard InChI is InChI=1S/C19H22N2O6/c1-25-10-11-27-18-13-16(21(23)24)15(12-17(18)26-2)19(22)20-9-8-14-6-4-3-5-7-14/h3-7,12-13H,8-11H2,1-2H3,(H,20,22). The van der Waals surface area contributed by atoms with Crippen LogP contribution in [0.2, 0.25) is 0 Å².